The first-order valence-electron chi connectivity index (χ1n) is 11.9. The third kappa shape index (κ3) is 4.43. The van der Waals surface area contributed by atoms with Crippen LogP contribution in [0.5, 0.6) is 11.5 Å². The Labute approximate surface area is 210 Å². The molecule has 5 nitrogen and oxygen atoms in total. The summed E-state index contributed by atoms with van der Waals surface area (Å²) in [5.41, 5.74) is 5.03. The number of hydrogen-bond donors (Lipinski definition) is 1. The maximum atomic E-state index is 12.9. The van der Waals surface area contributed by atoms with Crippen molar-refractivity contribution in [2.45, 2.75) is 13.8 Å². The third-order valence-electron chi connectivity index (χ3n) is 6.19. The Bertz CT molecular complexity index is 1590. The first kappa shape index (κ1) is 23.2. The number of amides is 1. The lowest BCUT2D eigenvalue weighted by atomic mass is 9.96. The van der Waals surface area contributed by atoms with E-state index in [1.165, 1.54) is 0 Å². The summed E-state index contributed by atoms with van der Waals surface area (Å²) in [6, 6.07) is 25.8. The summed E-state index contributed by atoms with van der Waals surface area (Å²) < 4.78 is 17.2. The minimum Gasteiger partial charge on any atom is -0.496 e. The van der Waals surface area contributed by atoms with E-state index in [0.29, 0.717) is 23.8 Å². The van der Waals surface area contributed by atoms with E-state index in [-0.39, 0.29) is 5.91 Å². The van der Waals surface area contributed by atoms with Crippen molar-refractivity contribution in [2.75, 3.05) is 19.0 Å². The number of furan rings is 1. The minimum absolute atomic E-state index is 0.247. The number of fused-ring (bicyclic) bond motifs is 2. The summed E-state index contributed by atoms with van der Waals surface area (Å²) >= 11 is 0. The number of allylic oxidation sites excluding steroid dienone is 1. The van der Waals surface area contributed by atoms with Gasteiger partial charge < -0.3 is 19.2 Å². The summed E-state index contributed by atoms with van der Waals surface area (Å²) in [5.74, 6) is 1.03. The Morgan fingerprint density at radius 3 is 2.53 bits per heavy atom. The molecule has 0 aliphatic carbocycles. The maximum absolute atomic E-state index is 12.9. The molecule has 180 valence electrons. The highest BCUT2D eigenvalue weighted by atomic mass is 16.5. The molecule has 1 heterocycles. The topological polar surface area (TPSA) is 60.7 Å². The SMILES string of the molecule is CCOc1ccccc1NC(=O)/C=C(\C)c1cc2c(-c3cccc4ccccc34)coc2cc1OC. The maximum Gasteiger partial charge on any atom is 0.248 e. The minimum atomic E-state index is -0.247. The molecule has 1 aromatic heterocycles. The fourth-order valence-electron chi connectivity index (χ4n) is 4.50. The van der Waals surface area contributed by atoms with Gasteiger partial charge in [-0.2, -0.15) is 0 Å². The van der Waals surface area contributed by atoms with Crippen LogP contribution in [-0.4, -0.2) is 19.6 Å². The lowest BCUT2D eigenvalue weighted by Gasteiger charge is -2.12. The number of hydrogen-bond acceptors (Lipinski definition) is 4. The summed E-state index contributed by atoms with van der Waals surface area (Å²) in [7, 11) is 1.62. The average Bonchev–Trinajstić information content (AvgIpc) is 3.31. The zero-order valence-electron chi connectivity index (χ0n) is 20.5. The van der Waals surface area contributed by atoms with Gasteiger partial charge in [0, 0.05) is 28.7 Å². The van der Waals surface area contributed by atoms with Crippen LogP contribution >= 0.6 is 0 Å². The Morgan fingerprint density at radius 2 is 1.69 bits per heavy atom. The van der Waals surface area contributed by atoms with Crippen LogP contribution in [0.2, 0.25) is 0 Å². The second-order valence-electron chi connectivity index (χ2n) is 8.47. The molecule has 0 fully saturated rings. The number of ether oxygens (including phenoxy) is 2. The molecule has 0 saturated heterocycles. The molecule has 1 amide bonds. The molecule has 0 atom stereocenters. The fraction of sp³-hybridized carbons (Fsp3) is 0.129. The van der Waals surface area contributed by atoms with Crippen molar-refractivity contribution in [1.29, 1.82) is 0 Å². The molecule has 5 aromatic rings. The number of carbonyl (C=O) groups is 1. The van der Waals surface area contributed by atoms with Crippen molar-refractivity contribution in [1.82, 2.24) is 0 Å². The van der Waals surface area contributed by atoms with Gasteiger partial charge in [0.25, 0.3) is 0 Å². The number of anilines is 1. The van der Waals surface area contributed by atoms with E-state index in [1.54, 1.807) is 19.4 Å². The number of rotatable bonds is 7. The monoisotopic (exact) mass is 477 g/mol. The van der Waals surface area contributed by atoms with Gasteiger partial charge in [-0.15, -0.1) is 0 Å². The van der Waals surface area contributed by atoms with Gasteiger partial charge in [0.15, 0.2) is 0 Å². The number of carbonyl (C=O) groups excluding carboxylic acids is 1. The lowest BCUT2D eigenvalue weighted by Crippen LogP contribution is -2.10. The van der Waals surface area contributed by atoms with Crippen LogP contribution in [0.4, 0.5) is 5.69 Å². The van der Waals surface area contributed by atoms with Crippen LogP contribution in [0.25, 0.3) is 38.4 Å². The number of methoxy groups -OCH3 is 1. The zero-order chi connectivity index (χ0) is 25.1. The summed E-state index contributed by atoms with van der Waals surface area (Å²) in [6.07, 6.45) is 3.36. The smallest absolute Gasteiger partial charge is 0.248 e. The van der Waals surface area contributed by atoms with E-state index >= 15 is 0 Å². The van der Waals surface area contributed by atoms with E-state index in [9.17, 15) is 4.79 Å². The van der Waals surface area contributed by atoms with Crippen LogP contribution in [0.1, 0.15) is 19.4 Å². The first-order valence-corrected chi connectivity index (χ1v) is 11.9. The predicted molar refractivity (Wildman–Crippen MR) is 146 cm³/mol. The van der Waals surface area contributed by atoms with E-state index in [2.05, 4.69) is 35.6 Å². The van der Waals surface area contributed by atoms with Gasteiger partial charge in [0.2, 0.25) is 5.91 Å². The summed E-state index contributed by atoms with van der Waals surface area (Å²) in [6.45, 7) is 4.32. The molecule has 4 aromatic carbocycles. The van der Waals surface area contributed by atoms with Crippen molar-refractivity contribution >= 4 is 38.9 Å². The van der Waals surface area contributed by atoms with E-state index in [1.807, 2.05) is 62.4 Å². The summed E-state index contributed by atoms with van der Waals surface area (Å²) in [4.78, 5) is 12.9. The molecule has 0 spiro atoms. The van der Waals surface area contributed by atoms with Gasteiger partial charge in [-0.3, -0.25) is 4.79 Å². The second kappa shape index (κ2) is 10.0. The number of benzene rings is 4. The largest absolute Gasteiger partial charge is 0.496 e. The Kier molecular flexibility index (Phi) is 6.46. The highest BCUT2D eigenvalue weighted by Gasteiger charge is 2.16. The van der Waals surface area contributed by atoms with Crippen LogP contribution < -0.4 is 14.8 Å². The molecular formula is C31H27NO4. The van der Waals surface area contributed by atoms with E-state index in [0.717, 1.165) is 44.0 Å². The van der Waals surface area contributed by atoms with Crippen LogP contribution in [-0.2, 0) is 4.79 Å². The van der Waals surface area contributed by atoms with Gasteiger partial charge in [-0.1, -0.05) is 54.6 Å². The van der Waals surface area contributed by atoms with Crippen molar-refractivity contribution in [3.63, 3.8) is 0 Å². The van der Waals surface area contributed by atoms with Gasteiger partial charge in [0.05, 0.1) is 25.7 Å². The summed E-state index contributed by atoms with van der Waals surface area (Å²) in [5, 5.41) is 6.20. The zero-order valence-corrected chi connectivity index (χ0v) is 20.5. The molecule has 1 N–H and O–H groups in total. The molecule has 36 heavy (non-hydrogen) atoms. The predicted octanol–water partition coefficient (Wildman–Crippen LogP) is 7.70. The highest BCUT2D eigenvalue weighted by Crippen LogP contribution is 2.39. The molecule has 5 rings (SSSR count). The first-order chi connectivity index (χ1) is 17.6. The second-order valence-corrected chi connectivity index (χ2v) is 8.47. The standard InChI is InChI=1S/C31H27NO4/c1-4-35-28-15-8-7-14-27(28)32-31(33)16-20(2)24-17-25-26(19-36-30(25)18-29(24)34-3)23-13-9-11-21-10-5-6-12-22(21)23/h5-19H,4H2,1-3H3,(H,32,33)/b20-16+. The molecule has 0 bridgehead atoms. The van der Waals surface area contributed by atoms with Gasteiger partial charge in [-0.05, 0) is 54.0 Å². The molecule has 0 radical (unpaired) electrons. The molecule has 0 aliphatic rings. The number of nitrogens with one attached hydrogen (secondary N) is 1. The quantitative estimate of drug-likeness (QED) is 0.244. The van der Waals surface area contributed by atoms with Crippen molar-refractivity contribution in [3.05, 3.63) is 96.8 Å². The molecule has 0 aliphatic heterocycles. The third-order valence-corrected chi connectivity index (χ3v) is 6.19. The lowest BCUT2D eigenvalue weighted by molar-refractivity contribution is -0.111. The van der Waals surface area contributed by atoms with Crippen LogP contribution in [0.3, 0.4) is 0 Å². The normalized spacial score (nSPS) is 11.6. The highest BCUT2D eigenvalue weighted by molar-refractivity contribution is 6.07. The van der Waals surface area contributed by atoms with Gasteiger partial charge in [0.1, 0.15) is 17.1 Å². The molecule has 0 unspecified atom stereocenters. The van der Waals surface area contributed by atoms with E-state index in [4.69, 9.17) is 13.9 Å². The molecular weight excluding hydrogens is 450 g/mol. The molecule has 5 heteroatoms. The van der Waals surface area contributed by atoms with Crippen LogP contribution in [0.15, 0.2) is 95.6 Å². The Morgan fingerprint density at radius 1 is 0.917 bits per heavy atom. The van der Waals surface area contributed by atoms with Crippen molar-refractivity contribution in [2.24, 2.45) is 0 Å². The Hall–Kier alpha value is -4.51. The average molecular weight is 478 g/mol. The number of para-hydroxylation sites is 2. The van der Waals surface area contributed by atoms with Crippen molar-refractivity contribution < 1.29 is 18.7 Å². The van der Waals surface area contributed by atoms with Gasteiger partial charge in [-0.25, -0.2) is 0 Å². The van der Waals surface area contributed by atoms with E-state index < -0.39 is 0 Å². The van der Waals surface area contributed by atoms with Crippen LogP contribution in [0, 0.1) is 0 Å². The Balaban J connectivity index is 1.54. The molecule has 0 saturated carbocycles. The van der Waals surface area contributed by atoms with Crippen molar-refractivity contribution in [3.8, 4) is 22.6 Å². The van der Waals surface area contributed by atoms with Gasteiger partial charge >= 0.3 is 0 Å². The fourth-order valence-corrected chi connectivity index (χ4v) is 4.50.